The quantitative estimate of drug-likeness (QED) is 0.0197. The van der Waals surface area contributed by atoms with Gasteiger partial charge in [0.15, 0.2) is 6.10 Å². The van der Waals surface area contributed by atoms with Gasteiger partial charge in [0, 0.05) is 19.3 Å². The number of carbonyl (C=O) groups excluding carboxylic acids is 3. The summed E-state index contributed by atoms with van der Waals surface area (Å²) in [6.07, 6.45) is 58.0. The number of ether oxygens (including phenoxy) is 3. The molecule has 11 nitrogen and oxygen atoms in total. The van der Waals surface area contributed by atoms with Crippen LogP contribution in [-0.2, 0) is 42.2 Å². The van der Waals surface area contributed by atoms with Crippen LogP contribution in [0.2, 0.25) is 0 Å². The second-order valence-corrected chi connectivity index (χ2v) is 21.2. The molecule has 0 heterocycles. The maximum absolute atomic E-state index is 12.9. The molecule has 72 heavy (non-hydrogen) atoms. The number of hydrogen-bond acceptors (Lipinski definition) is 10. The molecular weight excluding hydrogens is 928 g/mol. The van der Waals surface area contributed by atoms with Crippen LogP contribution in [-0.4, -0.2) is 66.5 Å². The minimum Gasteiger partial charge on any atom is -0.462 e. The Hall–Kier alpha value is -2.56. The van der Waals surface area contributed by atoms with E-state index in [9.17, 15) is 28.9 Å². The average molecular weight is 1040 g/mol. The normalized spacial score (nSPS) is 13.7. The van der Waals surface area contributed by atoms with E-state index in [0.29, 0.717) is 19.3 Å². The second-order valence-electron chi connectivity index (χ2n) is 19.8. The third kappa shape index (κ3) is 52.3. The molecule has 0 aliphatic rings. The van der Waals surface area contributed by atoms with Crippen molar-refractivity contribution in [1.29, 1.82) is 0 Å². The van der Waals surface area contributed by atoms with Gasteiger partial charge in [-0.2, -0.15) is 0 Å². The number of hydrogen-bond donors (Lipinski definition) is 2. The zero-order chi connectivity index (χ0) is 52.7. The van der Waals surface area contributed by atoms with Gasteiger partial charge in [-0.25, -0.2) is 4.57 Å². The summed E-state index contributed by atoms with van der Waals surface area (Å²) >= 11 is 0. The van der Waals surface area contributed by atoms with Gasteiger partial charge in [-0.15, -0.1) is 0 Å². The summed E-state index contributed by atoms with van der Waals surface area (Å²) in [5, 5.41) is 9.78. The van der Waals surface area contributed by atoms with Crippen molar-refractivity contribution in [2.45, 2.75) is 290 Å². The fourth-order valence-corrected chi connectivity index (χ4v) is 9.07. The highest BCUT2D eigenvalue weighted by atomic mass is 31.2. The molecule has 0 saturated heterocycles. The lowest BCUT2D eigenvalue weighted by Gasteiger charge is -2.21. The number of rotatable bonds is 55. The lowest BCUT2D eigenvalue weighted by atomic mass is 10.0. The molecule has 420 valence electrons. The molecule has 3 unspecified atom stereocenters. The van der Waals surface area contributed by atoms with E-state index in [0.717, 1.165) is 89.9 Å². The molecule has 0 bridgehead atoms. The Morgan fingerprint density at radius 1 is 0.403 bits per heavy atom. The Labute approximate surface area is 441 Å². The van der Waals surface area contributed by atoms with Crippen LogP contribution >= 0.6 is 7.82 Å². The predicted octanol–water partition coefficient (Wildman–Crippen LogP) is 17.4. The first-order chi connectivity index (χ1) is 35.2. The maximum atomic E-state index is 12.9. The average Bonchev–Trinajstić information content (AvgIpc) is 3.37. The molecule has 0 radical (unpaired) electrons. The number of phosphoric acid groups is 1. The summed E-state index contributed by atoms with van der Waals surface area (Å²) in [6, 6.07) is 0. The van der Waals surface area contributed by atoms with Crippen LogP contribution in [0.5, 0.6) is 0 Å². The highest BCUT2D eigenvalue weighted by molar-refractivity contribution is 7.47. The van der Waals surface area contributed by atoms with Crippen LogP contribution in [0.4, 0.5) is 0 Å². The number of phosphoric ester groups is 1. The minimum atomic E-state index is -4.74. The first-order valence-electron chi connectivity index (χ1n) is 29.5. The van der Waals surface area contributed by atoms with Gasteiger partial charge in [0.05, 0.1) is 19.8 Å². The van der Waals surface area contributed by atoms with Crippen LogP contribution in [0, 0.1) is 0 Å². The molecule has 0 spiro atoms. The summed E-state index contributed by atoms with van der Waals surface area (Å²) in [4.78, 5) is 48.5. The fraction of sp³-hybridized carbons (Fsp3) is 0.817. The molecule has 0 rings (SSSR count). The van der Waals surface area contributed by atoms with Gasteiger partial charge in [0.1, 0.15) is 12.7 Å². The van der Waals surface area contributed by atoms with Gasteiger partial charge in [-0.05, 0) is 57.8 Å². The summed E-state index contributed by atoms with van der Waals surface area (Å²) < 4.78 is 39.5. The van der Waals surface area contributed by atoms with E-state index >= 15 is 0 Å². The van der Waals surface area contributed by atoms with Crippen molar-refractivity contribution in [3.8, 4) is 0 Å². The fourth-order valence-electron chi connectivity index (χ4n) is 8.29. The van der Waals surface area contributed by atoms with E-state index in [4.69, 9.17) is 23.3 Å². The molecule has 0 aliphatic heterocycles. The number of carbonyl (C=O) groups is 3. The lowest BCUT2D eigenvalue weighted by Crippen LogP contribution is -2.30. The van der Waals surface area contributed by atoms with Crippen LogP contribution in [0.15, 0.2) is 48.6 Å². The smallest absolute Gasteiger partial charge is 0.462 e. The van der Waals surface area contributed by atoms with Gasteiger partial charge in [-0.1, -0.05) is 249 Å². The molecule has 0 aliphatic carbocycles. The van der Waals surface area contributed by atoms with Crippen molar-refractivity contribution >= 4 is 25.7 Å². The van der Waals surface area contributed by atoms with Crippen molar-refractivity contribution < 1.29 is 52.2 Å². The molecule has 0 aromatic carbocycles. The van der Waals surface area contributed by atoms with Gasteiger partial charge in [0.25, 0.3) is 0 Å². The molecule has 0 aromatic rings. The predicted molar refractivity (Wildman–Crippen MR) is 298 cm³/mol. The molecule has 0 fully saturated rings. The Bertz CT molecular complexity index is 1400. The molecule has 3 atom stereocenters. The van der Waals surface area contributed by atoms with Crippen molar-refractivity contribution in [1.82, 2.24) is 0 Å². The zero-order valence-electron chi connectivity index (χ0n) is 46.4. The van der Waals surface area contributed by atoms with E-state index in [2.05, 4.69) is 69.4 Å². The molecule has 0 amide bonds. The monoisotopic (exact) mass is 1040 g/mol. The largest absolute Gasteiger partial charge is 0.472 e. The highest BCUT2D eigenvalue weighted by Crippen LogP contribution is 2.43. The summed E-state index contributed by atoms with van der Waals surface area (Å²) in [5.74, 6) is -1.48. The molecule has 0 saturated carbocycles. The third-order valence-corrected chi connectivity index (χ3v) is 13.7. The van der Waals surface area contributed by atoms with Crippen molar-refractivity contribution in [3.05, 3.63) is 48.6 Å². The third-order valence-electron chi connectivity index (χ3n) is 12.8. The molecule has 0 aromatic heterocycles. The number of aliphatic hydroxyl groups excluding tert-OH is 1. The Morgan fingerprint density at radius 3 is 1.11 bits per heavy atom. The van der Waals surface area contributed by atoms with Gasteiger partial charge >= 0.3 is 25.7 Å². The van der Waals surface area contributed by atoms with Crippen LogP contribution in [0.25, 0.3) is 0 Å². The first-order valence-corrected chi connectivity index (χ1v) is 31.0. The van der Waals surface area contributed by atoms with Crippen LogP contribution in [0.3, 0.4) is 0 Å². The summed E-state index contributed by atoms with van der Waals surface area (Å²) in [6.45, 7) is 4.52. The number of esters is 3. The van der Waals surface area contributed by atoms with E-state index in [1.54, 1.807) is 0 Å². The Morgan fingerprint density at radius 2 is 0.722 bits per heavy atom. The van der Waals surface area contributed by atoms with Crippen molar-refractivity contribution in [2.24, 2.45) is 0 Å². The summed E-state index contributed by atoms with van der Waals surface area (Å²) in [5.41, 5.74) is 0. The number of unbranched alkanes of at least 4 members (excludes halogenated alkanes) is 30. The van der Waals surface area contributed by atoms with Crippen molar-refractivity contribution in [2.75, 3.05) is 26.4 Å². The second kappa shape index (κ2) is 54.7. The minimum absolute atomic E-state index is 0.167. The van der Waals surface area contributed by atoms with E-state index < -0.39 is 57.8 Å². The van der Waals surface area contributed by atoms with Crippen LogP contribution in [0.1, 0.15) is 278 Å². The van der Waals surface area contributed by atoms with Gasteiger partial charge in [-0.3, -0.25) is 23.4 Å². The molecule has 12 heteroatoms. The maximum Gasteiger partial charge on any atom is 0.472 e. The highest BCUT2D eigenvalue weighted by Gasteiger charge is 2.28. The number of allylic oxidation sites excluding steroid dienone is 8. The Balaban J connectivity index is 4.70. The standard InChI is InChI=1S/C60H109O11P/c1-4-7-10-13-16-19-21-23-25-27-28-30-32-34-36-39-42-45-48-51-60(64)71-57(53-67-58(62)49-46-43-40-38-35-33-31-29-26-24-22-20-17-14-11-8-5-2)55-69-72(65,66)68-54-56(52-61)70-59(63)50-47-44-41-37-18-15-12-9-6-3/h8,11,17,20,24,26,31,33,56-57,61H,4-7,9-10,12-16,18-19,21-23,25,27-30,32,34-55H2,1-3H3,(H,65,66)/b11-8-,20-17-,26-24-,33-31-. The lowest BCUT2D eigenvalue weighted by molar-refractivity contribution is -0.161. The van der Waals surface area contributed by atoms with E-state index in [-0.39, 0.29) is 25.9 Å². The first kappa shape index (κ1) is 69.4. The van der Waals surface area contributed by atoms with Crippen molar-refractivity contribution in [3.63, 3.8) is 0 Å². The molecule has 2 N–H and O–H groups in total. The topological polar surface area (TPSA) is 155 Å². The SMILES string of the molecule is CC/C=C\C/C=C\C/C=C\C/C=C\CCCCCCC(=O)OCC(COP(=O)(O)OCC(CO)OC(=O)CCCCCCCCCCC)OC(=O)CCCCCCCCCCCCCCCCCCCCC. The zero-order valence-corrected chi connectivity index (χ0v) is 47.3. The molecular formula is C60H109O11P. The van der Waals surface area contributed by atoms with E-state index in [1.807, 2.05) is 0 Å². The number of aliphatic hydroxyl groups is 1. The van der Waals surface area contributed by atoms with Gasteiger partial charge in [0.2, 0.25) is 0 Å². The van der Waals surface area contributed by atoms with E-state index in [1.165, 1.54) is 128 Å². The van der Waals surface area contributed by atoms with Crippen LogP contribution < -0.4 is 0 Å². The Kier molecular flexibility index (Phi) is 52.7. The van der Waals surface area contributed by atoms with Gasteiger partial charge < -0.3 is 24.2 Å². The summed E-state index contributed by atoms with van der Waals surface area (Å²) in [7, 11) is -4.74.